The smallest absolute Gasteiger partial charge is 0.244 e. The zero-order chi connectivity index (χ0) is 16.0. The Morgan fingerprint density at radius 3 is 2.33 bits per heavy atom. The number of halogens is 1. The van der Waals surface area contributed by atoms with Crippen molar-refractivity contribution in [1.29, 1.82) is 0 Å². The molecule has 120 valence electrons. The van der Waals surface area contributed by atoms with E-state index in [0.717, 1.165) is 18.4 Å². The van der Waals surface area contributed by atoms with Crippen LogP contribution < -0.4 is 5.73 Å². The first-order valence-corrected chi connectivity index (χ1v) is 9.21. The molecule has 0 aromatic heterocycles. The highest BCUT2D eigenvalue weighted by Gasteiger charge is 2.27. The van der Waals surface area contributed by atoms with Crippen LogP contribution in [0.25, 0.3) is 0 Å². The summed E-state index contributed by atoms with van der Waals surface area (Å²) in [6, 6.07) is 4.92. The van der Waals surface area contributed by atoms with Crippen LogP contribution in [0.2, 0.25) is 5.02 Å². The van der Waals surface area contributed by atoms with Crippen molar-refractivity contribution in [2.45, 2.75) is 45.1 Å². The molecule has 0 saturated heterocycles. The van der Waals surface area contributed by atoms with Gasteiger partial charge in [0.2, 0.25) is 10.0 Å². The van der Waals surface area contributed by atoms with Gasteiger partial charge in [0.1, 0.15) is 4.90 Å². The lowest BCUT2D eigenvalue weighted by molar-refractivity contribution is 0.339. The minimum absolute atomic E-state index is 0.153. The van der Waals surface area contributed by atoms with Crippen molar-refractivity contribution in [1.82, 2.24) is 4.31 Å². The molecule has 0 aliphatic rings. The van der Waals surface area contributed by atoms with Crippen LogP contribution in [0.1, 0.15) is 39.2 Å². The third kappa shape index (κ3) is 4.42. The highest BCUT2D eigenvalue weighted by molar-refractivity contribution is 7.89. The Hall–Kier alpha value is -0.620. The summed E-state index contributed by atoms with van der Waals surface area (Å²) in [7, 11) is -3.58. The molecule has 0 saturated carbocycles. The first-order valence-electron chi connectivity index (χ1n) is 7.39. The predicted molar refractivity (Wildman–Crippen MR) is 87.8 cm³/mol. The average molecular weight is 333 g/mol. The molecule has 0 heterocycles. The van der Waals surface area contributed by atoms with Gasteiger partial charge in [0.05, 0.1) is 5.02 Å². The van der Waals surface area contributed by atoms with E-state index in [-0.39, 0.29) is 9.92 Å². The van der Waals surface area contributed by atoms with Crippen molar-refractivity contribution < 1.29 is 8.42 Å². The number of sulfonamides is 1. The molecule has 4 nitrogen and oxygen atoms in total. The van der Waals surface area contributed by atoms with Crippen LogP contribution >= 0.6 is 11.6 Å². The molecule has 0 aliphatic heterocycles. The lowest BCUT2D eigenvalue weighted by Gasteiger charge is -2.25. The maximum absolute atomic E-state index is 12.8. The largest absolute Gasteiger partial charge is 0.326 e. The van der Waals surface area contributed by atoms with Crippen LogP contribution in [0, 0.1) is 5.92 Å². The second kappa shape index (κ2) is 8.13. The zero-order valence-corrected chi connectivity index (χ0v) is 14.5. The number of rotatable bonds is 8. The summed E-state index contributed by atoms with van der Waals surface area (Å²) >= 11 is 6.10. The molecule has 1 rings (SSSR count). The third-order valence-electron chi connectivity index (χ3n) is 3.82. The van der Waals surface area contributed by atoms with E-state index in [1.165, 1.54) is 4.31 Å². The summed E-state index contributed by atoms with van der Waals surface area (Å²) in [5.41, 5.74) is 6.35. The van der Waals surface area contributed by atoms with E-state index in [4.69, 9.17) is 17.3 Å². The average Bonchev–Trinajstić information content (AvgIpc) is 2.48. The van der Waals surface area contributed by atoms with Crippen molar-refractivity contribution in [3.63, 3.8) is 0 Å². The number of nitrogens with two attached hydrogens (primary N) is 1. The first-order chi connectivity index (χ1) is 9.90. The first kappa shape index (κ1) is 18.4. The van der Waals surface area contributed by atoms with E-state index in [1.807, 2.05) is 6.92 Å². The molecule has 1 aromatic carbocycles. The summed E-state index contributed by atoms with van der Waals surface area (Å²) < 4.78 is 27.1. The second-order valence-corrected chi connectivity index (χ2v) is 7.42. The Bertz CT molecular complexity index is 557. The molecule has 0 spiro atoms. The molecule has 1 aromatic rings. The van der Waals surface area contributed by atoms with E-state index in [0.29, 0.717) is 25.6 Å². The Kier molecular flexibility index (Phi) is 7.13. The molecule has 0 radical (unpaired) electrons. The Labute approximate surface area is 133 Å². The van der Waals surface area contributed by atoms with Crippen LogP contribution in [0.5, 0.6) is 0 Å². The van der Waals surface area contributed by atoms with Crippen molar-refractivity contribution in [2.75, 3.05) is 13.1 Å². The van der Waals surface area contributed by atoms with Crippen LogP contribution in [0.4, 0.5) is 0 Å². The van der Waals surface area contributed by atoms with Gasteiger partial charge in [-0.15, -0.1) is 0 Å². The van der Waals surface area contributed by atoms with Gasteiger partial charge in [-0.05, 0) is 23.6 Å². The molecule has 0 aliphatic carbocycles. The van der Waals surface area contributed by atoms with Crippen molar-refractivity contribution in [3.05, 3.63) is 28.8 Å². The standard InChI is InChI=1S/C15H25ClN2O2S/c1-4-12(5-2)11-18(6-3)21(19,20)15-9-13(10-17)7-8-14(15)16/h7-9,12H,4-6,10-11,17H2,1-3H3. The molecule has 0 amide bonds. The lowest BCUT2D eigenvalue weighted by Crippen LogP contribution is -2.35. The van der Waals surface area contributed by atoms with Gasteiger partial charge in [-0.3, -0.25) is 0 Å². The van der Waals surface area contributed by atoms with E-state index >= 15 is 0 Å². The number of nitrogens with zero attached hydrogens (tertiary/aromatic N) is 1. The van der Waals surface area contributed by atoms with Gasteiger partial charge in [-0.1, -0.05) is 51.3 Å². The van der Waals surface area contributed by atoms with Gasteiger partial charge in [0.25, 0.3) is 0 Å². The van der Waals surface area contributed by atoms with E-state index in [1.54, 1.807) is 18.2 Å². The predicted octanol–water partition coefficient (Wildman–Crippen LogP) is 3.25. The summed E-state index contributed by atoms with van der Waals surface area (Å²) in [5.74, 6) is 0.358. The minimum atomic E-state index is -3.58. The van der Waals surface area contributed by atoms with E-state index < -0.39 is 10.0 Å². The fourth-order valence-electron chi connectivity index (χ4n) is 2.24. The molecule has 0 fully saturated rings. The third-order valence-corrected chi connectivity index (χ3v) is 6.24. The molecule has 2 N–H and O–H groups in total. The molecule has 0 atom stereocenters. The van der Waals surface area contributed by atoms with Gasteiger partial charge in [-0.25, -0.2) is 8.42 Å². The van der Waals surface area contributed by atoms with E-state index in [9.17, 15) is 8.42 Å². The molecule has 0 bridgehead atoms. The Balaban J connectivity index is 3.18. The van der Waals surface area contributed by atoms with Crippen LogP contribution in [-0.2, 0) is 16.6 Å². The maximum atomic E-state index is 12.8. The van der Waals surface area contributed by atoms with Crippen LogP contribution in [0.15, 0.2) is 23.1 Å². The van der Waals surface area contributed by atoms with Crippen LogP contribution in [-0.4, -0.2) is 25.8 Å². The molecule has 21 heavy (non-hydrogen) atoms. The van der Waals surface area contributed by atoms with Gasteiger partial charge in [0, 0.05) is 19.6 Å². The van der Waals surface area contributed by atoms with Crippen molar-refractivity contribution >= 4 is 21.6 Å². The summed E-state index contributed by atoms with van der Waals surface area (Å²) in [6.45, 7) is 7.25. The van der Waals surface area contributed by atoms with Gasteiger partial charge in [0.15, 0.2) is 0 Å². The Morgan fingerprint density at radius 2 is 1.86 bits per heavy atom. The van der Waals surface area contributed by atoms with E-state index in [2.05, 4.69) is 13.8 Å². The van der Waals surface area contributed by atoms with Crippen molar-refractivity contribution in [3.8, 4) is 0 Å². The normalized spacial score (nSPS) is 12.3. The number of benzene rings is 1. The zero-order valence-electron chi connectivity index (χ0n) is 13.0. The minimum Gasteiger partial charge on any atom is -0.326 e. The quantitative estimate of drug-likeness (QED) is 0.794. The molecule has 0 unspecified atom stereocenters. The van der Waals surface area contributed by atoms with Crippen LogP contribution in [0.3, 0.4) is 0 Å². The SMILES string of the molecule is CCC(CC)CN(CC)S(=O)(=O)c1cc(CN)ccc1Cl. The van der Waals surface area contributed by atoms with Crippen molar-refractivity contribution in [2.24, 2.45) is 11.7 Å². The summed E-state index contributed by atoms with van der Waals surface area (Å²) in [4.78, 5) is 0.153. The van der Waals surface area contributed by atoms with Gasteiger partial charge in [-0.2, -0.15) is 4.31 Å². The monoisotopic (exact) mass is 332 g/mol. The second-order valence-electron chi connectivity index (χ2n) is 5.11. The number of hydrogen-bond donors (Lipinski definition) is 1. The summed E-state index contributed by atoms with van der Waals surface area (Å²) in [5, 5.41) is 0.246. The molecule has 6 heteroatoms. The van der Waals surface area contributed by atoms with Gasteiger partial charge >= 0.3 is 0 Å². The highest BCUT2D eigenvalue weighted by atomic mass is 35.5. The molecular weight excluding hydrogens is 308 g/mol. The Morgan fingerprint density at radius 1 is 1.24 bits per heavy atom. The number of hydrogen-bond acceptors (Lipinski definition) is 3. The van der Waals surface area contributed by atoms with Gasteiger partial charge < -0.3 is 5.73 Å². The fourth-order valence-corrected chi connectivity index (χ4v) is 4.29. The highest BCUT2D eigenvalue weighted by Crippen LogP contribution is 2.27. The molecular formula is C15H25ClN2O2S. The lowest BCUT2D eigenvalue weighted by atomic mass is 10.0. The fraction of sp³-hybridized carbons (Fsp3) is 0.600. The topological polar surface area (TPSA) is 63.4 Å². The summed E-state index contributed by atoms with van der Waals surface area (Å²) in [6.07, 6.45) is 1.91. The maximum Gasteiger partial charge on any atom is 0.244 e.